The minimum Gasteiger partial charge on any atom is -0.485 e. The van der Waals surface area contributed by atoms with Gasteiger partial charge in [0.05, 0.1) is 0 Å². The largest absolute Gasteiger partial charge is 0.485 e. The summed E-state index contributed by atoms with van der Waals surface area (Å²) in [5.41, 5.74) is 6.32. The molecule has 1 heterocycles. The summed E-state index contributed by atoms with van der Waals surface area (Å²) in [4.78, 5) is 1.05. The first-order valence-corrected chi connectivity index (χ1v) is 7.21. The molecule has 0 amide bonds. The van der Waals surface area contributed by atoms with Crippen molar-refractivity contribution in [2.45, 2.75) is 13.0 Å². The second-order valence-corrected chi connectivity index (χ2v) is 5.70. The van der Waals surface area contributed by atoms with Crippen molar-refractivity contribution in [1.29, 1.82) is 0 Å². The van der Waals surface area contributed by atoms with Crippen LogP contribution in [-0.2, 0) is 13.0 Å². The lowest BCUT2D eigenvalue weighted by Gasteiger charge is -2.11. The highest BCUT2D eigenvalue weighted by atomic mass is 79.9. The zero-order valence-electron chi connectivity index (χ0n) is 9.66. The van der Waals surface area contributed by atoms with Gasteiger partial charge in [0.2, 0.25) is 0 Å². The van der Waals surface area contributed by atoms with Crippen LogP contribution < -0.4 is 10.5 Å². The summed E-state index contributed by atoms with van der Waals surface area (Å²) < 4.78 is 20.3. The number of ether oxygens (including phenoxy) is 1. The topological polar surface area (TPSA) is 35.2 Å². The van der Waals surface area contributed by atoms with E-state index in [1.54, 1.807) is 17.4 Å². The normalized spacial score (nSPS) is 10.6. The van der Waals surface area contributed by atoms with Gasteiger partial charge in [-0.1, -0.05) is 12.1 Å². The average molecular weight is 330 g/mol. The first kappa shape index (κ1) is 13.5. The molecule has 0 aliphatic carbocycles. The Morgan fingerprint density at radius 2 is 2.22 bits per heavy atom. The van der Waals surface area contributed by atoms with E-state index in [0.29, 0.717) is 25.3 Å². The van der Waals surface area contributed by atoms with E-state index in [2.05, 4.69) is 15.9 Å². The molecule has 96 valence electrons. The van der Waals surface area contributed by atoms with Gasteiger partial charge in [-0.15, -0.1) is 11.3 Å². The van der Waals surface area contributed by atoms with E-state index in [-0.39, 0.29) is 5.82 Å². The van der Waals surface area contributed by atoms with Crippen LogP contribution in [0.1, 0.15) is 10.4 Å². The summed E-state index contributed by atoms with van der Waals surface area (Å²) in [7, 11) is 0. The van der Waals surface area contributed by atoms with Crippen LogP contribution in [0.4, 0.5) is 4.39 Å². The molecule has 0 spiro atoms. The lowest BCUT2D eigenvalue weighted by atomic mass is 10.1. The van der Waals surface area contributed by atoms with Crippen LogP contribution in [0.2, 0.25) is 0 Å². The molecule has 0 radical (unpaired) electrons. The first-order valence-electron chi connectivity index (χ1n) is 5.54. The summed E-state index contributed by atoms with van der Waals surface area (Å²) in [6.07, 6.45) is 0.612. The Morgan fingerprint density at radius 3 is 2.89 bits per heavy atom. The van der Waals surface area contributed by atoms with E-state index in [0.717, 1.165) is 14.9 Å². The van der Waals surface area contributed by atoms with Crippen LogP contribution in [0.3, 0.4) is 0 Å². The maximum absolute atomic E-state index is 13.7. The molecule has 0 unspecified atom stereocenters. The zero-order valence-corrected chi connectivity index (χ0v) is 12.1. The SMILES string of the molecule is NCCc1cccc(F)c1OCc1cc(Br)cs1. The minimum absolute atomic E-state index is 0.312. The van der Waals surface area contributed by atoms with Crippen LogP contribution in [0, 0.1) is 5.82 Å². The van der Waals surface area contributed by atoms with Crippen molar-refractivity contribution in [3.05, 3.63) is 50.4 Å². The highest BCUT2D eigenvalue weighted by Gasteiger charge is 2.10. The molecule has 0 bridgehead atoms. The van der Waals surface area contributed by atoms with Gasteiger partial charge in [-0.2, -0.15) is 0 Å². The molecule has 18 heavy (non-hydrogen) atoms. The molecular formula is C13H13BrFNOS. The Kier molecular flexibility index (Phi) is 4.74. The fourth-order valence-corrected chi connectivity index (χ4v) is 3.00. The molecule has 1 aromatic carbocycles. The summed E-state index contributed by atoms with van der Waals surface area (Å²) in [5.74, 6) is -0.0240. The molecule has 0 fully saturated rings. The van der Waals surface area contributed by atoms with Crippen molar-refractivity contribution in [3.63, 3.8) is 0 Å². The molecule has 5 heteroatoms. The third-order valence-corrected chi connectivity index (χ3v) is 4.11. The zero-order chi connectivity index (χ0) is 13.0. The monoisotopic (exact) mass is 329 g/mol. The first-order chi connectivity index (χ1) is 8.70. The van der Waals surface area contributed by atoms with E-state index < -0.39 is 0 Å². The number of para-hydroxylation sites is 1. The quantitative estimate of drug-likeness (QED) is 0.907. The summed E-state index contributed by atoms with van der Waals surface area (Å²) in [6.45, 7) is 0.846. The molecule has 2 rings (SSSR count). The number of rotatable bonds is 5. The Balaban J connectivity index is 2.12. The third kappa shape index (κ3) is 3.31. The molecule has 2 nitrogen and oxygen atoms in total. The standard InChI is InChI=1S/C13H13BrFNOS/c14-10-6-11(18-8-10)7-17-13-9(4-5-16)2-1-3-12(13)15/h1-3,6,8H,4-5,7,16H2. The predicted molar refractivity (Wildman–Crippen MR) is 75.5 cm³/mol. The van der Waals surface area contributed by atoms with Crippen LogP contribution in [0.5, 0.6) is 5.75 Å². The molecule has 1 aromatic heterocycles. The molecule has 0 aliphatic heterocycles. The Bertz CT molecular complexity index is 529. The van der Waals surface area contributed by atoms with E-state index in [9.17, 15) is 4.39 Å². The number of hydrogen-bond acceptors (Lipinski definition) is 3. The van der Waals surface area contributed by atoms with Gasteiger partial charge in [-0.25, -0.2) is 4.39 Å². The number of nitrogens with two attached hydrogens (primary N) is 1. The number of halogens is 2. The van der Waals surface area contributed by atoms with Gasteiger partial charge >= 0.3 is 0 Å². The van der Waals surface area contributed by atoms with E-state index in [1.165, 1.54) is 6.07 Å². The van der Waals surface area contributed by atoms with Crippen molar-refractivity contribution in [2.75, 3.05) is 6.54 Å². The van der Waals surface area contributed by atoms with Gasteiger partial charge in [-0.3, -0.25) is 0 Å². The maximum Gasteiger partial charge on any atom is 0.165 e. The summed E-state index contributed by atoms with van der Waals surface area (Å²) in [5, 5.41) is 1.97. The second kappa shape index (κ2) is 6.31. The fourth-order valence-electron chi connectivity index (χ4n) is 1.64. The smallest absolute Gasteiger partial charge is 0.165 e. The van der Waals surface area contributed by atoms with Crippen LogP contribution in [-0.4, -0.2) is 6.54 Å². The molecule has 0 saturated carbocycles. The van der Waals surface area contributed by atoms with Crippen molar-refractivity contribution >= 4 is 27.3 Å². The highest BCUT2D eigenvalue weighted by molar-refractivity contribution is 9.10. The van der Waals surface area contributed by atoms with Crippen molar-refractivity contribution in [2.24, 2.45) is 5.73 Å². The third-order valence-electron chi connectivity index (χ3n) is 2.44. The second-order valence-electron chi connectivity index (χ2n) is 3.79. The summed E-state index contributed by atoms with van der Waals surface area (Å²) in [6, 6.07) is 6.89. The fraction of sp³-hybridized carbons (Fsp3) is 0.231. The number of thiophene rings is 1. The number of hydrogen-bond donors (Lipinski definition) is 1. The van der Waals surface area contributed by atoms with Crippen molar-refractivity contribution in [3.8, 4) is 5.75 Å². The van der Waals surface area contributed by atoms with E-state index in [4.69, 9.17) is 10.5 Å². The van der Waals surface area contributed by atoms with Crippen LogP contribution in [0.15, 0.2) is 34.1 Å². The minimum atomic E-state index is -0.337. The summed E-state index contributed by atoms with van der Waals surface area (Å²) >= 11 is 4.95. The highest BCUT2D eigenvalue weighted by Crippen LogP contribution is 2.26. The maximum atomic E-state index is 13.7. The van der Waals surface area contributed by atoms with Crippen LogP contribution in [0.25, 0.3) is 0 Å². The van der Waals surface area contributed by atoms with Crippen molar-refractivity contribution < 1.29 is 9.13 Å². The molecule has 2 N–H and O–H groups in total. The Labute approximate surface area is 118 Å². The van der Waals surface area contributed by atoms with Gasteiger partial charge in [-0.05, 0) is 46.6 Å². The van der Waals surface area contributed by atoms with Crippen LogP contribution >= 0.6 is 27.3 Å². The molecule has 0 aliphatic rings. The predicted octanol–water partition coefficient (Wildman–Crippen LogP) is 3.73. The van der Waals surface area contributed by atoms with Gasteiger partial charge < -0.3 is 10.5 Å². The van der Waals surface area contributed by atoms with Gasteiger partial charge in [0.25, 0.3) is 0 Å². The Morgan fingerprint density at radius 1 is 1.39 bits per heavy atom. The van der Waals surface area contributed by atoms with Gasteiger partial charge in [0.15, 0.2) is 11.6 Å². The van der Waals surface area contributed by atoms with Gasteiger partial charge in [0.1, 0.15) is 6.61 Å². The van der Waals surface area contributed by atoms with E-state index in [1.807, 2.05) is 17.5 Å². The lowest BCUT2D eigenvalue weighted by molar-refractivity contribution is 0.290. The van der Waals surface area contributed by atoms with Crippen molar-refractivity contribution in [1.82, 2.24) is 0 Å². The van der Waals surface area contributed by atoms with Gasteiger partial charge in [0, 0.05) is 14.7 Å². The van der Waals surface area contributed by atoms with E-state index >= 15 is 0 Å². The average Bonchev–Trinajstić information content (AvgIpc) is 2.75. The molecule has 0 saturated heterocycles. The Hall–Kier alpha value is -0.910. The molecule has 0 atom stereocenters. The molecular weight excluding hydrogens is 317 g/mol. The lowest BCUT2D eigenvalue weighted by Crippen LogP contribution is -2.06. The number of benzene rings is 1. The molecule has 2 aromatic rings.